The van der Waals surface area contributed by atoms with Crippen molar-refractivity contribution in [2.75, 3.05) is 13.2 Å². The lowest BCUT2D eigenvalue weighted by molar-refractivity contribution is -0.128. The molecule has 0 aromatic carbocycles. The van der Waals surface area contributed by atoms with Crippen molar-refractivity contribution in [2.24, 2.45) is 0 Å². The number of rotatable bonds is 12. The SMILES string of the molecule is O=CNCCCCCCCCCOC=O. The van der Waals surface area contributed by atoms with E-state index in [1.165, 1.54) is 25.7 Å². The molecule has 0 rings (SSSR count). The first kappa shape index (κ1) is 13.9. The van der Waals surface area contributed by atoms with Crippen LogP contribution in [0.5, 0.6) is 0 Å². The van der Waals surface area contributed by atoms with Crippen LogP contribution in [0.15, 0.2) is 0 Å². The average molecular weight is 215 g/mol. The lowest BCUT2D eigenvalue weighted by Gasteiger charge is -2.01. The summed E-state index contributed by atoms with van der Waals surface area (Å²) in [6.07, 6.45) is 8.71. The molecule has 0 aliphatic carbocycles. The molecular formula is C11H21NO3. The molecule has 0 fully saturated rings. The van der Waals surface area contributed by atoms with Crippen LogP contribution < -0.4 is 5.32 Å². The van der Waals surface area contributed by atoms with Gasteiger partial charge in [-0.2, -0.15) is 0 Å². The Morgan fingerprint density at radius 1 is 0.867 bits per heavy atom. The van der Waals surface area contributed by atoms with Crippen molar-refractivity contribution in [2.45, 2.75) is 44.9 Å². The van der Waals surface area contributed by atoms with Gasteiger partial charge in [0.25, 0.3) is 6.47 Å². The summed E-state index contributed by atoms with van der Waals surface area (Å²) in [5.74, 6) is 0. The van der Waals surface area contributed by atoms with Crippen LogP contribution in [-0.4, -0.2) is 26.0 Å². The van der Waals surface area contributed by atoms with Crippen LogP contribution in [-0.2, 0) is 14.3 Å². The van der Waals surface area contributed by atoms with Crippen LogP contribution in [0.4, 0.5) is 0 Å². The van der Waals surface area contributed by atoms with E-state index in [-0.39, 0.29) is 0 Å². The van der Waals surface area contributed by atoms with Crippen molar-refractivity contribution in [1.82, 2.24) is 5.32 Å². The lowest BCUT2D eigenvalue weighted by Crippen LogP contribution is -2.11. The summed E-state index contributed by atoms with van der Waals surface area (Å²) in [6.45, 7) is 1.84. The van der Waals surface area contributed by atoms with Gasteiger partial charge < -0.3 is 10.1 Å². The molecule has 0 unspecified atom stereocenters. The zero-order chi connectivity index (χ0) is 11.2. The summed E-state index contributed by atoms with van der Waals surface area (Å²) in [7, 11) is 0. The van der Waals surface area contributed by atoms with E-state index in [1.807, 2.05) is 0 Å². The molecule has 0 heterocycles. The van der Waals surface area contributed by atoms with Crippen molar-refractivity contribution in [3.05, 3.63) is 0 Å². The molecule has 1 amide bonds. The first-order valence-corrected chi connectivity index (χ1v) is 5.64. The van der Waals surface area contributed by atoms with Crippen LogP contribution in [0.3, 0.4) is 0 Å². The number of hydrogen-bond acceptors (Lipinski definition) is 3. The van der Waals surface area contributed by atoms with Crippen LogP contribution in [0.1, 0.15) is 44.9 Å². The molecule has 0 radical (unpaired) electrons. The molecule has 0 aromatic heterocycles. The van der Waals surface area contributed by atoms with Gasteiger partial charge in [-0.3, -0.25) is 9.59 Å². The lowest BCUT2D eigenvalue weighted by atomic mass is 10.1. The molecule has 0 aliphatic rings. The van der Waals surface area contributed by atoms with E-state index in [9.17, 15) is 9.59 Å². The van der Waals surface area contributed by atoms with Gasteiger partial charge >= 0.3 is 0 Å². The predicted molar refractivity (Wildman–Crippen MR) is 58.4 cm³/mol. The van der Waals surface area contributed by atoms with Gasteiger partial charge in [0.15, 0.2) is 0 Å². The maximum Gasteiger partial charge on any atom is 0.293 e. The molecule has 1 N–H and O–H groups in total. The van der Waals surface area contributed by atoms with E-state index in [0.29, 0.717) is 13.1 Å². The largest absolute Gasteiger partial charge is 0.468 e. The molecule has 0 spiro atoms. The minimum atomic E-state index is 0.500. The van der Waals surface area contributed by atoms with E-state index in [1.54, 1.807) is 0 Å². The standard InChI is InChI=1S/C11H21NO3/c13-10-12-8-6-4-2-1-3-5-7-9-15-11-14/h10-11H,1-9H2,(H,12,13). The van der Waals surface area contributed by atoms with E-state index in [2.05, 4.69) is 10.1 Å². The maximum absolute atomic E-state index is 9.92. The Labute approximate surface area is 91.4 Å². The molecule has 0 aliphatic heterocycles. The predicted octanol–water partition coefficient (Wildman–Crippen LogP) is 1.64. The van der Waals surface area contributed by atoms with Crippen molar-refractivity contribution >= 4 is 12.9 Å². The molecule has 0 atom stereocenters. The second-order valence-corrected chi connectivity index (χ2v) is 3.51. The van der Waals surface area contributed by atoms with Gasteiger partial charge in [0.05, 0.1) is 6.61 Å². The number of hydrogen-bond donors (Lipinski definition) is 1. The van der Waals surface area contributed by atoms with Crippen LogP contribution >= 0.6 is 0 Å². The summed E-state index contributed by atoms with van der Waals surface area (Å²) in [6, 6.07) is 0. The normalized spacial score (nSPS) is 9.60. The van der Waals surface area contributed by atoms with Gasteiger partial charge in [-0.1, -0.05) is 32.1 Å². The third kappa shape index (κ3) is 12.9. The highest BCUT2D eigenvalue weighted by molar-refractivity contribution is 5.45. The van der Waals surface area contributed by atoms with Gasteiger partial charge in [0, 0.05) is 6.54 Å². The number of carbonyl (C=O) groups excluding carboxylic acids is 2. The minimum Gasteiger partial charge on any atom is -0.468 e. The minimum absolute atomic E-state index is 0.500. The fourth-order valence-corrected chi connectivity index (χ4v) is 1.40. The molecular weight excluding hydrogens is 194 g/mol. The Balaban J connectivity index is 2.86. The van der Waals surface area contributed by atoms with Gasteiger partial charge in [0.1, 0.15) is 0 Å². The highest BCUT2D eigenvalue weighted by atomic mass is 16.5. The summed E-state index contributed by atoms with van der Waals surface area (Å²) in [4.78, 5) is 19.7. The van der Waals surface area contributed by atoms with E-state index in [4.69, 9.17) is 0 Å². The van der Waals surface area contributed by atoms with E-state index >= 15 is 0 Å². The highest BCUT2D eigenvalue weighted by Crippen LogP contribution is 2.06. The maximum atomic E-state index is 9.92. The molecule has 4 heteroatoms. The van der Waals surface area contributed by atoms with Gasteiger partial charge in [-0.05, 0) is 12.8 Å². The third-order valence-electron chi connectivity index (χ3n) is 2.23. The smallest absolute Gasteiger partial charge is 0.293 e. The van der Waals surface area contributed by atoms with Crippen LogP contribution in [0.25, 0.3) is 0 Å². The fourth-order valence-electron chi connectivity index (χ4n) is 1.40. The van der Waals surface area contributed by atoms with Crippen molar-refractivity contribution < 1.29 is 14.3 Å². The molecule has 0 bridgehead atoms. The molecule has 4 nitrogen and oxygen atoms in total. The first-order chi connectivity index (χ1) is 7.41. The highest BCUT2D eigenvalue weighted by Gasteiger charge is 1.92. The Morgan fingerprint density at radius 2 is 1.47 bits per heavy atom. The summed E-state index contributed by atoms with van der Waals surface area (Å²) in [5, 5.41) is 2.64. The van der Waals surface area contributed by atoms with Crippen LogP contribution in [0.2, 0.25) is 0 Å². The number of unbranched alkanes of at least 4 members (excludes halogenated alkanes) is 6. The van der Waals surface area contributed by atoms with E-state index in [0.717, 1.165) is 32.2 Å². The molecule has 15 heavy (non-hydrogen) atoms. The second-order valence-electron chi connectivity index (χ2n) is 3.51. The summed E-state index contributed by atoms with van der Waals surface area (Å²) < 4.78 is 4.58. The van der Waals surface area contributed by atoms with Crippen molar-refractivity contribution in [1.29, 1.82) is 0 Å². The number of carbonyl (C=O) groups is 2. The Morgan fingerprint density at radius 3 is 2.07 bits per heavy atom. The Hall–Kier alpha value is -1.06. The molecule has 0 saturated heterocycles. The Kier molecular flexibility index (Phi) is 12.0. The van der Waals surface area contributed by atoms with Gasteiger partial charge in [-0.25, -0.2) is 0 Å². The monoisotopic (exact) mass is 215 g/mol. The zero-order valence-electron chi connectivity index (χ0n) is 9.24. The van der Waals surface area contributed by atoms with Crippen molar-refractivity contribution in [3.8, 4) is 0 Å². The summed E-state index contributed by atoms with van der Waals surface area (Å²) >= 11 is 0. The molecule has 88 valence electrons. The number of amides is 1. The summed E-state index contributed by atoms with van der Waals surface area (Å²) in [5.41, 5.74) is 0. The fraction of sp³-hybridized carbons (Fsp3) is 0.818. The number of ether oxygens (including phenoxy) is 1. The van der Waals surface area contributed by atoms with Gasteiger partial charge in [0.2, 0.25) is 6.41 Å². The molecule has 0 aromatic rings. The van der Waals surface area contributed by atoms with Crippen LogP contribution in [0, 0.1) is 0 Å². The Bertz CT molecular complexity index is 135. The topological polar surface area (TPSA) is 55.4 Å². The van der Waals surface area contributed by atoms with E-state index < -0.39 is 0 Å². The zero-order valence-corrected chi connectivity index (χ0v) is 9.24. The van der Waals surface area contributed by atoms with Gasteiger partial charge in [-0.15, -0.1) is 0 Å². The third-order valence-corrected chi connectivity index (χ3v) is 2.23. The molecule has 0 saturated carbocycles. The average Bonchev–Trinajstić information content (AvgIpc) is 2.26. The first-order valence-electron chi connectivity index (χ1n) is 5.64. The number of nitrogens with one attached hydrogen (secondary N) is 1. The van der Waals surface area contributed by atoms with Crippen molar-refractivity contribution in [3.63, 3.8) is 0 Å². The quantitative estimate of drug-likeness (QED) is 0.397. The second kappa shape index (κ2) is 12.9.